The van der Waals surface area contributed by atoms with E-state index in [2.05, 4.69) is 40.2 Å². The van der Waals surface area contributed by atoms with Gasteiger partial charge in [0, 0.05) is 43.5 Å². The average molecular weight is 467 g/mol. The summed E-state index contributed by atoms with van der Waals surface area (Å²) in [6.45, 7) is 2.51. The van der Waals surface area contributed by atoms with E-state index in [9.17, 15) is 15.2 Å². The number of rotatable bonds is 5. The summed E-state index contributed by atoms with van der Waals surface area (Å²) in [6, 6.07) is 22.4. The largest absolute Gasteiger partial charge is 0.395 e. The van der Waals surface area contributed by atoms with Gasteiger partial charge in [0.1, 0.15) is 0 Å². The van der Waals surface area contributed by atoms with Crippen LogP contribution in [0.25, 0.3) is 11.1 Å². The van der Waals surface area contributed by atoms with E-state index in [-0.39, 0.29) is 30.5 Å². The number of hydrogen-bond acceptors (Lipinski definition) is 5. The van der Waals surface area contributed by atoms with Gasteiger partial charge in [-0.1, -0.05) is 42.5 Å². The second-order valence-electron chi connectivity index (χ2n) is 9.48. The SMILES string of the molecule is N#Cc1cccc(-c2ccc([C@H]3[C@H]4CN(C(=O)Cc5cccnc5)CCCCN4[C@H]3CO)cc2)c1. The highest BCUT2D eigenvalue weighted by Crippen LogP contribution is 2.42. The van der Waals surface area contributed by atoms with Crippen LogP contribution in [0.1, 0.15) is 35.4 Å². The number of hydrogen-bond donors (Lipinski definition) is 1. The number of fused-ring (bicyclic) bond motifs is 1. The molecule has 0 radical (unpaired) electrons. The number of nitrogens with zero attached hydrogens (tertiary/aromatic N) is 4. The number of aliphatic hydroxyl groups excluding tert-OH is 1. The van der Waals surface area contributed by atoms with Gasteiger partial charge in [-0.25, -0.2) is 0 Å². The molecule has 1 aromatic heterocycles. The predicted molar refractivity (Wildman–Crippen MR) is 134 cm³/mol. The molecule has 0 aliphatic carbocycles. The molecule has 0 unspecified atom stereocenters. The molecule has 3 aromatic rings. The van der Waals surface area contributed by atoms with E-state index < -0.39 is 0 Å². The van der Waals surface area contributed by atoms with E-state index in [1.54, 1.807) is 12.4 Å². The second-order valence-corrected chi connectivity index (χ2v) is 9.48. The monoisotopic (exact) mass is 466 g/mol. The van der Waals surface area contributed by atoms with Crippen LogP contribution in [0, 0.1) is 11.3 Å². The van der Waals surface area contributed by atoms with Crippen molar-refractivity contribution in [3.63, 3.8) is 0 Å². The van der Waals surface area contributed by atoms with Gasteiger partial charge in [-0.2, -0.15) is 5.26 Å². The first-order valence-electron chi connectivity index (χ1n) is 12.3. The highest BCUT2D eigenvalue weighted by molar-refractivity contribution is 5.78. The van der Waals surface area contributed by atoms with Crippen molar-refractivity contribution in [3.05, 3.63) is 89.7 Å². The molecule has 178 valence electrons. The Morgan fingerprint density at radius 3 is 2.63 bits per heavy atom. The minimum atomic E-state index is 0.0705. The number of pyridine rings is 1. The molecule has 6 nitrogen and oxygen atoms in total. The van der Waals surface area contributed by atoms with Gasteiger partial charge in [0.2, 0.25) is 5.91 Å². The Kier molecular flexibility index (Phi) is 6.89. The highest BCUT2D eigenvalue weighted by Gasteiger charge is 2.49. The van der Waals surface area contributed by atoms with E-state index >= 15 is 0 Å². The normalized spacial score (nSPS) is 22.3. The van der Waals surface area contributed by atoms with E-state index in [4.69, 9.17) is 0 Å². The topological polar surface area (TPSA) is 80.5 Å². The second kappa shape index (κ2) is 10.4. The summed E-state index contributed by atoms with van der Waals surface area (Å²) in [7, 11) is 0. The summed E-state index contributed by atoms with van der Waals surface area (Å²) < 4.78 is 0. The number of nitriles is 1. The number of carbonyl (C=O) groups excluding carboxylic acids is 1. The summed E-state index contributed by atoms with van der Waals surface area (Å²) in [5, 5.41) is 19.4. The first-order chi connectivity index (χ1) is 17.2. The molecule has 0 spiro atoms. The van der Waals surface area contributed by atoms with Crippen LogP contribution in [0.2, 0.25) is 0 Å². The van der Waals surface area contributed by atoms with Crippen LogP contribution in [0.5, 0.6) is 0 Å². The maximum absolute atomic E-state index is 13.2. The van der Waals surface area contributed by atoms with Crippen LogP contribution < -0.4 is 0 Å². The standard InChI is InChI=1S/C29H30N4O2/c30-17-21-5-3-7-25(15-21)23-8-10-24(11-9-23)29-26-19-32(13-1-2-14-33(26)27(29)20-34)28(35)16-22-6-4-12-31-18-22/h3-12,15,18,26-27,29,34H,1-2,13-14,16,19-20H2/t26-,27+,29+/m1/s1. The van der Waals surface area contributed by atoms with Crippen LogP contribution in [0.4, 0.5) is 0 Å². The lowest BCUT2D eigenvalue weighted by molar-refractivity contribution is -0.135. The Morgan fingerprint density at radius 1 is 1.06 bits per heavy atom. The third-order valence-electron chi connectivity index (χ3n) is 7.42. The lowest BCUT2D eigenvalue weighted by atomic mass is 9.74. The molecule has 2 saturated heterocycles. The van der Waals surface area contributed by atoms with Crippen LogP contribution in [-0.4, -0.2) is 64.1 Å². The molecule has 0 saturated carbocycles. The maximum atomic E-state index is 13.2. The highest BCUT2D eigenvalue weighted by atomic mass is 16.3. The first kappa shape index (κ1) is 23.2. The summed E-state index contributed by atoms with van der Waals surface area (Å²) in [6.07, 6.45) is 5.84. The Bertz CT molecular complexity index is 1210. The molecule has 5 rings (SSSR count). The van der Waals surface area contributed by atoms with Crippen LogP contribution in [0.15, 0.2) is 73.1 Å². The fraction of sp³-hybridized carbons (Fsp3) is 0.345. The number of carbonyl (C=O) groups is 1. The molecule has 2 aliphatic rings. The molecule has 2 aromatic carbocycles. The van der Waals surface area contributed by atoms with Crippen LogP contribution >= 0.6 is 0 Å². The quantitative estimate of drug-likeness (QED) is 0.621. The molecular weight excluding hydrogens is 436 g/mol. The Morgan fingerprint density at radius 2 is 1.89 bits per heavy atom. The van der Waals surface area contributed by atoms with Gasteiger partial charge in [0.05, 0.1) is 24.7 Å². The molecule has 1 N–H and O–H groups in total. The summed E-state index contributed by atoms with van der Waals surface area (Å²) in [4.78, 5) is 21.7. The third-order valence-corrected chi connectivity index (χ3v) is 7.42. The number of amides is 1. The molecule has 3 atom stereocenters. The van der Waals surface area contributed by atoms with Gasteiger partial charge in [-0.15, -0.1) is 0 Å². The lowest BCUT2D eigenvalue weighted by Gasteiger charge is -2.57. The van der Waals surface area contributed by atoms with Crippen molar-refractivity contribution >= 4 is 5.91 Å². The predicted octanol–water partition coefficient (Wildman–Crippen LogP) is 3.61. The van der Waals surface area contributed by atoms with Crippen LogP contribution in [-0.2, 0) is 11.2 Å². The molecule has 35 heavy (non-hydrogen) atoms. The van der Waals surface area contributed by atoms with Gasteiger partial charge >= 0.3 is 0 Å². The molecule has 2 fully saturated rings. The van der Waals surface area contributed by atoms with Crippen molar-refractivity contribution < 1.29 is 9.90 Å². The third kappa shape index (κ3) is 4.84. The van der Waals surface area contributed by atoms with Crippen molar-refractivity contribution in [1.82, 2.24) is 14.8 Å². The van der Waals surface area contributed by atoms with Gasteiger partial charge < -0.3 is 10.0 Å². The lowest BCUT2D eigenvalue weighted by Crippen LogP contribution is -2.68. The van der Waals surface area contributed by atoms with E-state index in [0.717, 1.165) is 42.6 Å². The van der Waals surface area contributed by atoms with Crippen molar-refractivity contribution in [2.45, 2.75) is 37.3 Å². The zero-order valence-electron chi connectivity index (χ0n) is 19.8. The van der Waals surface area contributed by atoms with Crippen molar-refractivity contribution in [2.24, 2.45) is 0 Å². The van der Waals surface area contributed by atoms with E-state index in [0.29, 0.717) is 18.5 Å². The molecule has 1 amide bonds. The van der Waals surface area contributed by atoms with Crippen molar-refractivity contribution in [2.75, 3.05) is 26.2 Å². The minimum absolute atomic E-state index is 0.0705. The summed E-state index contributed by atoms with van der Waals surface area (Å²) in [5.74, 6) is 0.310. The van der Waals surface area contributed by atoms with Crippen molar-refractivity contribution in [1.29, 1.82) is 5.26 Å². The zero-order chi connectivity index (χ0) is 24.2. The van der Waals surface area contributed by atoms with Gasteiger partial charge in [0.15, 0.2) is 0 Å². The molecule has 2 aliphatic heterocycles. The zero-order valence-corrected chi connectivity index (χ0v) is 19.8. The molecule has 6 heteroatoms. The van der Waals surface area contributed by atoms with Gasteiger partial charge in [-0.3, -0.25) is 14.7 Å². The van der Waals surface area contributed by atoms with Crippen molar-refractivity contribution in [3.8, 4) is 17.2 Å². The summed E-state index contributed by atoms with van der Waals surface area (Å²) >= 11 is 0. The van der Waals surface area contributed by atoms with Gasteiger partial charge in [0.25, 0.3) is 0 Å². The molecule has 0 bridgehead atoms. The number of aromatic nitrogens is 1. The fourth-order valence-electron chi connectivity index (χ4n) is 5.62. The smallest absolute Gasteiger partial charge is 0.227 e. The Labute approximate surface area is 206 Å². The summed E-state index contributed by atoms with van der Waals surface area (Å²) in [5.41, 5.74) is 4.85. The molecular formula is C29H30N4O2. The Hall–Kier alpha value is -3.53. The van der Waals surface area contributed by atoms with E-state index in [1.807, 2.05) is 41.3 Å². The Balaban J connectivity index is 1.35. The van der Waals surface area contributed by atoms with E-state index in [1.165, 1.54) is 5.56 Å². The number of aliphatic hydroxyl groups is 1. The van der Waals surface area contributed by atoms with Gasteiger partial charge in [-0.05, 0) is 59.8 Å². The first-order valence-corrected chi connectivity index (χ1v) is 12.3. The van der Waals surface area contributed by atoms with Crippen LogP contribution in [0.3, 0.4) is 0 Å². The number of benzene rings is 2. The molecule has 3 heterocycles. The average Bonchev–Trinajstić information content (AvgIpc) is 2.88. The minimum Gasteiger partial charge on any atom is -0.395 e. The maximum Gasteiger partial charge on any atom is 0.227 e. The fourth-order valence-corrected chi connectivity index (χ4v) is 5.62.